The summed E-state index contributed by atoms with van der Waals surface area (Å²) in [5.41, 5.74) is 2.47. The number of aromatic nitrogens is 1. The first-order valence-electron chi connectivity index (χ1n) is 10.3. The van der Waals surface area contributed by atoms with Crippen molar-refractivity contribution in [2.45, 2.75) is 25.7 Å². The molecule has 0 spiro atoms. The van der Waals surface area contributed by atoms with Gasteiger partial charge >= 0.3 is 0 Å². The van der Waals surface area contributed by atoms with Crippen LogP contribution in [0.5, 0.6) is 0 Å². The zero-order chi connectivity index (χ0) is 22.8. The Balaban J connectivity index is 1.56. The van der Waals surface area contributed by atoms with Gasteiger partial charge in [-0.15, -0.1) is 0 Å². The second-order valence-corrected chi connectivity index (χ2v) is 8.57. The van der Waals surface area contributed by atoms with Crippen molar-refractivity contribution in [3.63, 3.8) is 0 Å². The molecule has 32 heavy (non-hydrogen) atoms. The molecule has 0 aliphatic carbocycles. The fourth-order valence-corrected chi connectivity index (χ4v) is 4.29. The maximum absolute atomic E-state index is 14.5. The number of likely N-dealkylation sites (tertiary alicyclic amines) is 1. The fraction of sp³-hybridized carbons (Fsp3) is 0.250. The average Bonchev–Trinajstić information content (AvgIpc) is 2.80. The van der Waals surface area contributed by atoms with Crippen LogP contribution in [0.25, 0.3) is 0 Å². The molecule has 4 rings (SSSR count). The molecule has 1 saturated heterocycles. The van der Waals surface area contributed by atoms with Gasteiger partial charge in [0.05, 0.1) is 22.0 Å². The van der Waals surface area contributed by atoms with Crippen LogP contribution in [0.4, 0.5) is 20.2 Å². The number of nitrogens with one attached hydrogen (secondary N) is 1. The number of amides is 1. The quantitative estimate of drug-likeness (QED) is 0.425. The lowest BCUT2D eigenvalue weighted by Crippen LogP contribution is -2.38. The number of halogens is 4. The van der Waals surface area contributed by atoms with Crippen LogP contribution in [0.3, 0.4) is 0 Å². The number of carbonyl (C=O) groups is 1. The number of rotatable bonds is 4. The third-order valence-corrected chi connectivity index (χ3v) is 6.50. The van der Waals surface area contributed by atoms with Gasteiger partial charge in [0.2, 0.25) is 0 Å². The van der Waals surface area contributed by atoms with Crippen molar-refractivity contribution in [1.29, 1.82) is 0 Å². The predicted octanol–water partition coefficient (Wildman–Crippen LogP) is 6.74. The summed E-state index contributed by atoms with van der Waals surface area (Å²) in [5.74, 6) is -0.814. The van der Waals surface area contributed by atoms with Gasteiger partial charge in [-0.3, -0.25) is 4.79 Å². The molecule has 1 aliphatic heterocycles. The highest BCUT2D eigenvalue weighted by Gasteiger charge is 2.27. The smallest absolute Gasteiger partial charge is 0.257 e. The van der Waals surface area contributed by atoms with E-state index in [0.717, 1.165) is 18.4 Å². The molecule has 1 amide bonds. The normalized spacial score (nSPS) is 14.5. The molecule has 0 unspecified atom stereocenters. The summed E-state index contributed by atoms with van der Waals surface area (Å²) in [6.07, 6.45) is 2.95. The van der Waals surface area contributed by atoms with E-state index in [1.165, 1.54) is 30.5 Å². The molecule has 1 aromatic heterocycles. The van der Waals surface area contributed by atoms with Crippen LogP contribution >= 0.6 is 23.2 Å². The van der Waals surface area contributed by atoms with Gasteiger partial charge in [-0.25, -0.2) is 13.8 Å². The number of piperidine rings is 1. The molecule has 2 aromatic carbocycles. The summed E-state index contributed by atoms with van der Waals surface area (Å²) in [5, 5.41) is 3.18. The SMILES string of the molecule is Cc1c(Cl)ncc(C(=O)N2CCC(c3ccc(F)cc3)CC2)c1Nc1cccc(Cl)c1F. The van der Waals surface area contributed by atoms with Crippen LogP contribution < -0.4 is 5.32 Å². The lowest BCUT2D eigenvalue weighted by Gasteiger charge is -2.33. The number of hydrogen-bond acceptors (Lipinski definition) is 3. The van der Waals surface area contributed by atoms with E-state index in [0.29, 0.717) is 29.9 Å². The van der Waals surface area contributed by atoms with Crippen molar-refractivity contribution in [2.75, 3.05) is 18.4 Å². The molecule has 1 fully saturated rings. The minimum atomic E-state index is -0.611. The lowest BCUT2D eigenvalue weighted by atomic mass is 9.89. The molecular weight excluding hydrogens is 455 g/mol. The van der Waals surface area contributed by atoms with Gasteiger partial charge in [0.25, 0.3) is 5.91 Å². The van der Waals surface area contributed by atoms with Crippen LogP contribution in [0.2, 0.25) is 10.2 Å². The van der Waals surface area contributed by atoms with E-state index in [2.05, 4.69) is 10.3 Å². The summed E-state index contributed by atoms with van der Waals surface area (Å²) in [6, 6.07) is 11.1. The van der Waals surface area contributed by atoms with E-state index in [9.17, 15) is 13.6 Å². The summed E-state index contributed by atoms with van der Waals surface area (Å²) in [4.78, 5) is 19.2. The van der Waals surface area contributed by atoms with Crippen LogP contribution in [0.1, 0.15) is 40.2 Å². The van der Waals surface area contributed by atoms with Crippen molar-refractivity contribution in [3.8, 4) is 0 Å². The second kappa shape index (κ2) is 9.43. The van der Waals surface area contributed by atoms with Gasteiger partial charge in [0.1, 0.15) is 11.0 Å². The molecule has 166 valence electrons. The van der Waals surface area contributed by atoms with Gasteiger partial charge in [-0.2, -0.15) is 0 Å². The number of nitrogens with zero attached hydrogens (tertiary/aromatic N) is 2. The van der Waals surface area contributed by atoms with Crippen LogP contribution in [0, 0.1) is 18.6 Å². The first kappa shape index (κ1) is 22.5. The van der Waals surface area contributed by atoms with E-state index >= 15 is 0 Å². The fourth-order valence-electron chi connectivity index (χ4n) is 3.97. The molecule has 2 heterocycles. The molecule has 1 N–H and O–H groups in total. The number of benzene rings is 2. The maximum Gasteiger partial charge on any atom is 0.257 e. The third-order valence-electron chi connectivity index (χ3n) is 5.83. The Bertz CT molecular complexity index is 1150. The number of carbonyl (C=O) groups excluding carboxylic acids is 1. The van der Waals surface area contributed by atoms with E-state index < -0.39 is 5.82 Å². The van der Waals surface area contributed by atoms with E-state index in [1.54, 1.807) is 30.0 Å². The molecule has 0 saturated carbocycles. The number of pyridine rings is 1. The minimum absolute atomic E-state index is 0.0245. The summed E-state index contributed by atoms with van der Waals surface area (Å²) in [6.45, 7) is 2.82. The molecule has 0 bridgehead atoms. The Labute approximate surface area is 195 Å². The first-order valence-corrected chi connectivity index (χ1v) is 11.0. The minimum Gasteiger partial charge on any atom is -0.352 e. The number of hydrogen-bond donors (Lipinski definition) is 1. The Morgan fingerprint density at radius 3 is 2.47 bits per heavy atom. The third kappa shape index (κ3) is 4.57. The highest BCUT2D eigenvalue weighted by molar-refractivity contribution is 6.31. The van der Waals surface area contributed by atoms with Crippen molar-refractivity contribution in [1.82, 2.24) is 9.88 Å². The maximum atomic E-state index is 14.5. The molecule has 4 nitrogen and oxygen atoms in total. The Hall–Kier alpha value is -2.70. The van der Waals surface area contributed by atoms with Crippen molar-refractivity contribution in [2.24, 2.45) is 0 Å². The lowest BCUT2D eigenvalue weighted by molar-refractivity contribution is 0.0713. The standard InChI is InChI=1S/C24H21Cl2F2N3O/c1-14-22(30-20-4-2-3-19(25)21(20)28)18(13-29-23(14)26)24(32)31-11-9-16(10-12-31)15-5-7-17(27)8-6-15/h2-8,13,16H,9-12H2,1H3,(H,29,30). The summed E-state index contributed by atoms with van der Waals surface area (Å²) in [7, 11) is 0. The van der Waals surface area contributed by atoms with Crippen LogP contribution in [0.15, 0.2) is 48.7 Å². The second-order valence-electron chi connectivity index (χ2n) is 7.81. The van der Waals surface area contributed by atoms with Gasteiger partial charge in [0.15, 0.2) is 5.82 Å². The highest BCUT2D eigenvalue weighted by atomic mass is 35.5. The van der Waals surface area contributed by atoms with E-state index in [1.807, 2.05) is 0 Å². The molecular formula is C24H21Cl2F2N3O. The molecule has 3 aromatic rings. The highest BCUT2D eigenvalue weighted by Crippen LogP contribution is 2.34. The molecule has 0 radical (unpaired) electrons. The number of anilines is 2. The summed E-state index contributed by atoms with van der Waals surface area (Å²) >= 11 is 12.1. The van der Waals surface area contributed by atoms with Gasteiger partial charge in [0, 0.05) is 24.8 Å². The largest absolute Gasteiger partial charge is 0.352 e. The average molecular weight is 476 g/mol. The first-order chi connectivity index (χ1) is 15.3. The monoisotopic (exact) mass is 475 g/mol. The van der Waals surface area contributed by atoms with Crippen molar-refractivity contribution >= 4 is 40.5 Å². The zero-order valence-corrected chi connectivity index (χ0v) is 18.9. The molecule has 1 aliphatic rings. The Morgan fingerprint density at radius 1 is 1.09 bits per heavy atom. The zero-order valence-electron chi connectivity index (χ0n) is 17.3. The molecule has 0 atom stereocenters. The van der Waals surface area contributed by atoms with Gasteiger partial charge in [-0.05, 0) is 55.5 Å². The van der Waals surface area contributed by atoms with Crippen molar-refractivity contribution < 1.29 is 13.6 Å². The van der Waals surface area contributed by atoms with Crippen molar-refractivity contribution in [3.05, 3.63) is 87.2 Å². The van der Waals surface area contributed by atoms with E-state index in [-0.39, 0.29) is 33.5 Å². The van der Waals surface area contributed by atoms with Crippen LogP contribution in [-0.4, -0.2) is 28.9 Å². The predicted molar refractivity (Wildman–Crippen MR) is 123 cm³/mol. The van der Waals surface area contributed by atoms with Crippen LogP contribution in [-0.2, 0) is 0 Å². The Kier molecular flexibility index (Phi) is 6.63. The van der Waals surface area contributed by atoms with Gasteiger partial charge < -0.3 is 10.2 Å². The van der Waals surface area contributed by atoms with Gasteiger partial charge in [-0.1, -0.05) is 41.4 Å². The molecule has 8 heteroatoms. The Morgan fingerprint density at radius 2 is 1.78 bits per heavy atom. The summed E-state index contributed by atoms with van der Waals surface area (Å²) < 4.78 is 27.7. The topological polar surface area (TPSA) is 45.2 Å². The van der Waals surface area contributed by atoms with E-state index in [4.69, 9.17) is 23.2 Å².